The number of phenols is 1. The van der Waals surface area contributed by atoms with Crippen LogP contribution < -0.4 is 11.5 Å². The molecular weight excluding hydrogens is 253 g/mol. The van der Waals surface area contributed by atoms with E-state index in [1.165, 1.54) is 0 Å². The number of hydrogen-bond acceptors (Lipinski definition) is 5. The minimum Gasteiger partial charge on any atom is -0.502 e. The normalized spacial score (nSPS) is 11.7. The molecule has 0 aliphatic heterocycles. The van der Waals surface area contributed by atoms with E-state index >= 15 is 0 Å². The van der Waals surface area contributed by atoms with Crippen molar-refractivity contribution >= 4 is 18.1 Å². The van der Waals surface area contributed by atoms with Crippen LogP contribution in [0.3, 0.4) is 0 Å². The molecule has 6 nitrogen and oxygen atoms in total. The molecule has 0 amide bonds. The van der Waals surface area contributed by atoms with E-state index in [1.54, 1.807) is 0 Å². The van der Waals surface area contributed by atoms with Gasteiger partial charge >= 0.3 is 5.69 Å². The SMILES string of the molecule is Cl.NCC[C@@H](N)c1cc(F)cc([N+](=O)[O-])c1O. The second kappa shape index (κ2) is 6.33. The maximum absolute atomic E-state index is 13.1. The molecule has 1 aromatic rings. The average Bonchev–Trinajstić information content (AvgIpc) is 2.20. The highest BCUT2D eigenvalue weighted by Gasteiger charge is 2.22. The zero-order valence-electron chi connectivity index (χ0n) is 8.80. The van der Waals surface area contributed by atoms with E-state index in [4.69, 9.17) is 11.5 Å². The summed E-state index contributed by atoms with van der Waals surface area (Å²) >= 11 is 0. The summed E-state index contributed by atoms with van der Waals surface area (Å²) in [5, 5.41) is 20.1. The number of rotatable bonds is 4. The summed E-state index contributed by atoms with van der Waals surface area (Å²) < 4.78 is 13.1. The van der Waals surface area contributed by atoms with Crippen LogP contribution in [0.1, 0.15) is 18.0 Å². The number of nitro groups is 1. The van der Waals surface area contributed by atoms with Crippen molar-refractivity contribution < 1.29 is 14.4 Å². The molecular formula is C9H13ClFN3O3. The van der Waals surface area contributed by atoms with Crippen LogP contribution in [0.4, 0.5) is 10.1 Å². The third-order valence-electron chi connectivity index (χ3n) is 2.16. The first kappa shape index (κ1) is 15.6. The number of benzene rings is 1. The van der Waals surface area contributed by atoms with Crippen molar-refractivity contribution in [3.8, 4) is 5.75 Å². The molecule has 17 heavy (non-hydrogen) atoms. The molecule has 0 aromatic heterocycles. The highest BCUT2D eigenvalue weighted by atomic mass is 35.5. The van der Waals surface area contributed by atoms with Crippen LogP contribution in [0, 0.1) is 15.9 Å². The van der Waals surface area contributed by atoms with Crippen molar-refractivity contribution in [3.63, 3.8) is 0 Å². The van der Waals surface area contributed by atoms with E-state index in [0.717, 1.165) is 6.07 Å². The van der Waals surface area contributed by atoms with Crippen LogP contribution in [0.15, 0.2) is 12.1 Å². The molecule has 0 saturated heterocycles. The molecule has 8 heteroatoms. The van der Waals surface area contributed by atoms with Crippen LogP contribution >= 0.6 is 12.4 Å². The van der Waals surface area contributed by atoms with Gasteiger partial charge in [-0.1, -0.05) is 0 Å². The van der Waals surface area contributed by atoms with Gasteiger partial charge in [0.05, 0.1) is 11.0 Å². The first-order chi connectivity index (χ1) is 7.47. The number of nitrogens with two attached hydrogens (primary N) is 2. The second-order valence-electron chi connectivity index (χ2n) is 3.30. The number of halogens is 2. The van der Waals surface area contributed by atoms with Gasteiger partial charge in [0, 0.05) is 11.6 Å². The fourth-order valence-electron chi connectivity index (χ4n) is 1.36. The number of phenolic OH excluding ortho intramolecular Hbond substituents is 1. The lowest BCUT2D eigenvalue weighted by Gasteiger charge is -2.12. The Morgan fingerprint density at radius 2 is 2.12 bits per heavy atom. The molecule has 96 valence electrons. The van der Waals surface area contributed by atoms with Gasteiger partial charge in [0.25, 0.3) is 0 Å². The lowest BCUT2D eigenvalue weighted by atomic mass is 10.0. The van der Waals surface area contributed by atoms with Crippen LogP contribution in [0.5, 0.6) is 5.75 Å². The van der Waals surface area contributed by atoms with Gasteiger partial charge in [-0.3, -0.25) is 10.1 Å². The standard InChI is InChI=1S/C9H12FN3O3.ClH/c10-5-3-6(7(12)1-2-11)9(14)8(4-5)13(15)16;/h3-4,7,14H,1-2,11-12H2;1H/t7-;/m1./s1. The summed E-state index contributed by atoms with van der Waals surface area (Å²) in [5.74, 6) is -1.42. The molecule has 0 heterocycles. The van der Waals surface area contributed by atoms with Crippen molar-refractivity contribution in [2.75, 3.05) is 6.54 Å². The van der Waals surface area contributed by atoms with Gasteiger partial charge in [-0.25, -0.2) is 4.39 Å². The van der Waals surface area contributed by atoms with Gasteiger partial charge < -0.3 is 16.6 Å². The van der Waals surface area contributed by atoms with Crippen molar-refractivity contribution in [2.45, 2.75) is 12.5 Å². The highest BCUT2D eigenvalue weighted by molar-refractivity contribution is 5.85. The average molecular weight is 266 g/mol. The topological polar surface area (TPSA) is 115 Å². The third-order valence-corrected chi connectivity index (χ3v) is 2.16. The molecule has 0 fully saturated rings. The summed E-state index contributed by atoms with van der Waals surface area (Å²) in [6, 6.07) is 0.899. The van der Waals surface area contributed by atoms with Crippen LogP contribution in [-0.4, -0.2) is 16.6 Å². The minimum absolute atomic E-state index is 0. The van der Waals surface area contributed by atoms with Gasteiger partial charge in [-0.05, 0) is 19.0 Å². The quantitative estimate of drug-likeness (QED) is 0.559. The maximum atomic E-state index is 13.1. The molecule has 0 aliphatic carbocycles. The van der Waals surface area contributed by atoms with Crippen LogP contribution in [0.2, 0.25) is 0 Å². The maximum Gasteiger partial charge on any atom is 0.313 e. The van der Waals surface area contributed by atoms with Crippen molar-refractivity contribution in [2.24, 2.45) is 11.5 Å². The Morgan fingerprint density at radius 3 is 2.59 bits per heavy atom. The van der Waals surface area contributed by atoms with Gasteiger partial charge in [-0.2, -0.15) is 0 Å². The second-order valence-corrected chi connectivity index (χ2v) is 3.30. The lowest BCUT2D eigenvalue weighted by Crippen LogP contribution is -2.16. The fourth-order valence-corrected chi connectivity index (χ4v) is 1.36. The number of nitro benzene ring substituents is 1. The Kier molecular flexibility index (Phi) is 5.80. The summed E-state index contributed by atoms with van der Waals surface area (Å²) in [6.45, 7) is 0.241. The van der Waals surface area contributed by atoms with Gasteiger partial charge in [0.15, 0.2) is 5.75 Å². The molecule has 0 unspecified atom stereocenters. The first-order valence-electron chi connectivity index (χ1n) is 4.59. The van der Waals surface area contributed by atoms with E-state index in [1.807, 2.05) is 0 Å². The summed E-state index contributed by atoms with van der Waals surface area (Å²) in [7, 11) is 0. The predicted molar refractivity (Wildman–Crippen MR) is 62.6 cm³/mol. The number of aromatic hydroxyl groups is 1. The molecule has 0 spiro atoms. The fraction of sp³-hybridized carbons (Fsp3) is 0.333. The Bertz CT molecular complexity index is 417. The Balaban J connectivity index is 0.00000256. The van der Waals surface area contributed by atoms with E-state index in [2.05, 4.69) is 0 Å². The Morgan fingerprint density at radius 1 is 1.53 bits per heavy atom. The zero-order chi connectivity index (χ0) is 12.3. The first-order valence-corrected chi connectivity index (χ1v) is 4.59. The number of hydrogen-bond donors (Lipinski definition) is 3. The largest absolute Gasteiger partial charge is 0.502 e. The molecule has 1 atom stereocenters. The molecule has 5 N–H and O–H groups in total. The molecule has 0 aliphatic rings. The summed E-state index contributed by atoms with van der Waals surface area (Å²) in [4.78, 5) is 9.66. The third kappa shape index (κ3) is 3.52. The summed E-state index contributed by atoms with van der Waals surface area (Å²) in [6.07, 6.45) is 0.300. The van der Waals surface area contributed by atoms with E-state index < -0.39 is 28.2 Å². The summed E-state index contributed by atoms with van der Waals surface area (Å²) in [5.41, 5.74) is 10.2. The van der Waals surface area contributed by atoms with E-state index in [0.29, 0.717) is 12.5 Å². The van der Waals surface area contributed by atoms with Gasteiger partial charge in [0.1, 0.15) is 5.82 Å². The van der Waals surface area contributed by atoms with Crippen LogP contribution in [-0.2, 0) is 0 Å². The van der Waals surface area contributed by atoms with Crippen LogP contribution in [0.25, 0.3) is 0 Å². The number of nitrogens with zero attached hydrogens (tertiary/aromatic N) is 1. The predicted octanol–water partition coefficient (Wildman–Crippen LogP) is 1.21. The Hall–Kier alpha value is -1.44. The molecule has 0 radical (unpaired) electrons. The lowest BCUT2D eigenvalue weighted by molar-refractivity contribution is -0.386. The molecule has 0 bridgehead atoms. The smallest absolute Gasteiger partial charge is 0.313 e. The zero-order valence-corrected chi connectivity index (χ0v) is 9.61. The van der Waals surface area contributed by atoms with Crippen molar-refractivity contribution in [3.05, 3.63) is 33.6 Å². The highest BCUT2D eigenvalue weighted by Crippen LogP contribution is 2.34. The minimum atomic E-state index is -0.864. The Labute approximate surface area is 103 Å². The molecule has 1 aromatic carbocycles. The molecule has 1 rings (SSSR count). The monoisotopic (exact) mass is 265 g/mol. The van der Waals surface area contributed by atoms with Gasteiger partial charge in [-0.15, -0.1) is 12.4 Å². The molecule has 0 saturated carbocycles. The van der Waals surface area contributed by atoms with E-state index in [9.17, 15) is 19.6 Å². The van der Waals surface area contributed by atoms with E-state index in [-0.39, 0.29) is 24.5 Å². The van der Waals surface area contributed by atoms with Crippen molar-refractivity contribution in [1.82, 2.24) is 0 Å². The van der Waals surface area contributed by atoms with Crippen molar-refractivity contribution in [1.29, 1.82) is 0 Å². The van der Waals surface area contributed by atoms with Gasteiger partial charge in [0.2, 0.25) is 0 Å².